The zero-order valence-electron chi connectivity index (χ0n) is 19.3. The number of aromatic amines is 1. The van der Waals surface area contributed by atoms with E-state index in [0.29, 0.717) is 35.8 Å². The van der Waals surface area contributed by atoms with Crippen LogP contribution in [0.3, 0.4) is 0 Å². The topological polar surface area (TPSA) is 127 Å². The fourth-order valence-electron chi connectivity index (χ4n) is 4.02. The van der Waals surface area contributed by atoms with Crippen LogP contribution >= 0.6 is 0 Å². The van der Waals surface area contributed by atoms with E-state index in [9.17, 15) is 13.2 Å². The summed E-state index contributed by atoms with van der Waals surface area (Å²) in [7, 11) is -0.655. The summed E-state index contributed by atoms with van der Waals surface area (Å²) >= 11 is 0. The first kappa shape index (κ1) is 23.8. The van der Waals surface area contributed by atoms with Crippen LogP contribution in [0.1, 0.15) is 31.4 Å². The number of furan rings is 1. The van der Waals surface area contributed by atoms with Gasteiger partial charge in [0.1, 0.15) is 5.69 Å². The predicted molar refractivity (Wildman–Crippen MR) is 124 cm³/mol. The van der Waals surface area contributed by atoms with E-state index in [1.165, 1.54) is 10.4 Å². The summed E-state index contributed by atoms with van der Waals surface area (Å²) < 4.78 is 43.5. The maximum absolute atomic E-state index is 13.0. The van der Waals surface area contributed by atoms with Crippen LogP contribution in [0.5, 0.6) is 11.5 Å². The fourth-order valence-corrected chi connectivity index (χ4v) is 5.40. The lowest BCUT2D eigenvalue weighted by Crippen LogP contribution is -2.43. The number of benzene rings is 1. The second kappa shape index (κ2) is 9.90. The third kappa shape index (κ3) is 4.80. The molecule has 1 amide bonds. The van der Waals surface area contributed by atoms with Crippen molar-refractivity contribution in [1.82, 2.24) is 19.8 Å². The third-order valence-electron chi connectivity index (χ3n) is 6.03. The number of ether oxygens (including phenoxy) is 2. The van der Waals surface area contributed by atoms with Gasteiger partial charge in [0.2, 0.25) is 11.0 Å². The molecule has 34 heavy (non-hydrogen) atoms. The van der Waals surface area contributed by atoms with Crippen molar-refractivity contribution in [3.8, 4) is 23.0 Å². The van der Waals surface area contributed by atoms with Gasteiger partial charge in [-0.05, 0) is 55.7 Å². The first-order valence-corrected chi connectivity index (χ1v) is 12.4. The van der Waals surface area contributed by atoms with Crippen molar-refractivity contribution in [3.63, 3.8) is 0 Å². The van der Waals surface area contributed by atoms with Crippen LogP contribution in [0.25, 0.3) is 11.5 Å². The molecule has 0 bridgehead atoms. The Kier molecular flexibility index (Phi) is 6.94. The minimum Gasteiger partial charge on any atom is -0.493 e. The van der Waals surface area contributed by atoms with E-state index < -0.39 is 10.0 Å². The number of hydrogen-bond acceptors (Lipinski definition) is 7. The molecule has 1 aliphatic heterocycles. The highest BCUT2D eigenvalue weighted by Crippen LogP contribution is 2.31. The molecule has 3 aromatic rings. The molecule has 2 aromatic heterocycles. The Morgan fingerprint density at radius 1 is 1.15 bits per heavy atom. The Hall–Kier alpha value is -3.31. The van der Waals surface area contributed by atoms with Crippen molar-refractivity contribution >= 4 is 15.9 Å². The summed E-state index contributed by atoms with van der Waals surface area (Å²) in [6, 6.07) is 10.0. The van der Waals surface area contributed by atoms with Crippen molar-refractivity contribution in [3.05, 3.63) is 48.2 Å². The molecule has 182 valence electrons. The lowest BCUT2D eigenvalue weighted by atomic mass is 9.96. The van der Waals surface area contributed by atoms with Crippen LogP contribution in [-0.2, 0) is 14.8 Å². The Morgan fingerprint density at radius 2 is 1.88 bits per heavy atom. The van der Waals surface area contributed by atoms with E-state index in [1.807, 2.05) is 19.1 Å². The molecule has 0 spiro atoms. The SMILES string of the molecule is COc1ccc(C(C)NC(=O)C2CCN(S(=O)(=O)c3ccc(-c4ccn[nH]4)o3)CC2)cc1OC. The van der Waals surface area contributed by atoms with Gasteiger partial charge in [0.05, 0.1) is 20.3 Å². The van der Waals surface area contributed by atoms with Crippen molar-refractivity contribution < 1.29 is 27.1 Å². The maximum Gasteiger partial charge on any atom is 0.276 e. The molecule has 0 radical (unpaired) electrons. The van der Waals surface area contributed by atoms with Gasteiger partial charge in [-0.15, -0.1) is 0 Å². The van der Waals surface area contributed by atoms with Gasteiger partial charge < -0.3 is 19.2 Å². The molecule has 0 aliphatic carbocycles. The largest absolute Gasteiger partial charge is 0.493 e. The molecule has 1 unspecified atom stereocenters. The van der Waals surface area contributed by atoms with Crippen LogP contribution < -0.4 is 14.8 Å². The molecule has 1 fully saturated rings. The van der Waals surface area contributed by atoms with Crippen LogP contribution in [0.15, 0.2) is 52.1 Å². The van der Waals surface area contributed by atoms with E-state index in [1.54, 1.807) is 38.6 Å². The number of sulfonamides is 1. The van der Waals surface area contributed by atoms with Gasteiger partial charge in [-0.25, -0.2) is 8.42 Å². The molecule has 11 heteroatoms. The normalized spacial score (nSPS) is 16.2. The van der Waals surface area contributed by atoms with Gasteiger partial charge in [-0.3, -0.25) is 9.89 Å². The fraction of sp³-hybridized carbons (Fsp3) is 0.391. The van der Waals surface area contributed by atoms with Crippen LogP contribution in [-0.4, -0.2) is 56.1 Å². The number of nitrogens with zero attached hydrogens (tertiary/aromatic N) is 2. The molecule has 10 nitrogen and oxygen atoms in total. The zero-order valence-corrected chi connectivity index (χ0v) is 20.1. The molecule has 1 atom stereocenters. The first-order chi connectivity index (χ1) is 16.3. The number of methoxy groups -OCH3 is 2. The lowest BCUT2D eigenvalue weighted by molar-refractivity contribution is -0.126. The van der Waals surface area contributed by atoms with Gasteiger partial charge in [-0.1, -0.05) is 6.07 Å². The summed E-state index contributed by atoms with van der Waals surface area (Å²) in [6.45, 7) is 2.38. The molecule has 2 N–H and O–H groups in total. The number of aromatic nitrogens is 2. The van der Waals surface area contributed by atoms with E-state index in [-0.39, 0.29) is 36.0 Å². The molecular weight excluding hydrogens is 460 g/mol. The lowest BCUT2D eigenvalue weighted by Gasteiger charge is -2.30. The number of piperidine rings is 1. The second-order valence-corrected chi connectivity index (χ2v) is 9.98. The van der Waals surface area contributed by atoms with Crippen molar-refractivity contribution in [2.45, 2.75) is 30.9 Å². The second-order valence-electron chi connectivity index (χ2n) is 8.11. The van der Waals surface area contributed by atoms with E-state index in [2.05, 4.69) is 15.5 Å². The van der Waals surface area contributed by atoms with Gasteiger partial charge >= 0.3 is 0 Å². The smallest absolute Gasteiger partial charge is 0.276 e. The van der Waals surface area contributed by atoms with Crippen molar-refractivity contribution in [2.24, 2.45) is 5.92 Å². The number of H-pyrrole nitrogens is 1. The average molecular weight is 489 g/mol. The summed E-state index contributed by atoms with van der Waals surface area (Å²) in [5.41, 5.74) is 1.48. The van der Waals surface area contributed by atoms with Crippen LogP contribution in [0.2, 0.25) is 0 Å². The van der Waals surface area contributed by atoms with Crippen molar-refractivity contribution in [1.29, 1.82) is 0 Å². The monoisotopic (exact) mass is 488 g/mol. The predicted octanol–water partition coefficient (Wildman–Crippen LogP) is 2.97. The highest BCUT2D eigenvalue weighted by atomic mass is 32.2. The Balaban J connectivity index is 1.35. The molecule has 1 aliphatic rings. The summed E-state index contributed by atoms with van der Waals surface area (Å²) in [6.07, 6.45) is 2.42. The minimum atomic E-state index is -3.79. The molecule has 1 aromatic carbocycles. The van der Waals surface area contributed by atoms with Gasteiger partial charge in [0.15, 0.2) is 17.3 Å². The third-order valence-corrected chi connectivity index (χ3v) is 7.81. The number of rotatable bonds is 8. The van der Waals surface area contributed by atoms with Gasteiger partial charge in [-0.2, -0.15) is 9.40 Å². The first-order valence-electron chi connectivity index (χ1n) is 11.0. The number of hydrogen-bond donors (Lipinski definition) is 2. The zero-order chi connectivity index (χ0) is 24.3. The van der Waals surface area contributed by atoms with Crippen LogP contribution in [0.4, 0.5) is 0 Å². The highest BCUT2D eigenvalue weighted by Gasteiger charge is 2.34. The Bertz CT molecular complexity index is 1230. The average Bonchev–Trinajstić information content (AvgIpc) is 3.56. The van der Waals surface area contributed by atoms with Crippen LogP contribution in [0, 0.1) is 5.92 Å². The van der Waals surface area contributed by atoms with Gasteiger partial charge in [0.25, 0.3) is 10.0 Å². The van der Waals surface area contributed by atoms with E-state index in [4.69, 9.17) is 13.9 Å². The Morgan fingerprint density at radius 3 is 2.53 bits per heavy atom. The summed E-state index contributed by atoms with van der Waals surface area (Å²) in [5, 5.41) is 9.50. The standard InChI is InChI=1S/C23H28N4O6S/c1-15(17-4-5-20(31-2)21(14-17)32-3)25-23(28)16-9-12-27(13-10-16)34(29,30)22-7-6-19(33-22)18-8-11-24-26-18/h4-8,11,14-16H,9-10,12-13H2,1-3H3,(H,24,26)(H,25,28). The summed E-state index contributed by atoms with van der Waals surface area (Å²) in [4.78, 5) is 12.9. The van der Waals surface area contributed by atoms with E-state index >= 15 is 0 Å². The molecule has 1 saturated heterocycles. The molecule has 4 rings (SSSR count). The number of amides is 1. The minimum absolute atomic E-state index is 0.0983. The highest BCUT2D eigenvalue weighted by molar-refractivity contribution is 7.89. The summed E-state index contributed by atoms with van der Waals surface area (Å²) in [5.74, 6) is 1.24. The number of nitrogens with one attached hydrogen (secondary N) is 2. The molecule has 0 saturated carbocycles. The molecular formula is C23H28N4O6S. The maximum atomic E-state index is 13.0. The number of carbonyl (C=O) groups excluding carboxylic acids is 1. The quantitative estimate of drug-likeness (QED) is 0.499. The Labute approximate surface area is 198 Å². The van der Waals surface area contributed by atoms with Crippen molar-refractivity contribution in [2.75, 3.05) is 27.3 Å². The van der Waals surface area contributed by atoms with Gasteiger partial charge in [0, 0.05) is 25.2 Å². The molecule has 3 heterocycles. The van der Waals surface area contributed by atoms with E-state index in [0.717, 1.165) is 5.56 Å². The number of carbonyl (C=O) groups is 1.